The van der Waals surface area contributed by atoms with Gasteiger partial charge in [0.1, 0.15) is 0 Å². The molecule has 228 valence electrons. The molecule has 0 saturated carbocycles. The number of carbonyl (C=O) groups is 2. The van der Waals surface area contributed by atoms with Crippen LogP contribution in [-0.4, -0.2) is 44.6 Å². The van der Waals surface area contributed by atoms with E-state index in [1.807, 2.05) is 63.3 Å². The maximum Gasteiger partial charge on any atom is 0.328 e. The van der Waals surface area contributed by atoms with Crippen LogP contribution in [0.15, 0.2) is 72.4 Å². The molecule has 0 spiro atoms. The number of hydrogen-bond donors (Lipinski definition) is 4. The highest BCUT2D eigenvalue weighted by Gasteiger charge is 2.13. The zero-order chi connectivity index (χ0) is 30.6. The number of aliphatic carboxylic acids is 2. The molecule has 0 amide bonds. The maximum absolute atomic E-state index is 10.4. The minimum Gasteiger partial charge on any atom is -0.481 e. The summed E-state index contributed by atoms with van der Waals surface area (Å²) in [5.74, 6) is -1.27. The fraction of sp³-hybridized carbons (Fsp3) is 0.588. The minimum absolute atomic E-state index is 0.111. The van der Waals surface area contributed by atoms with Crippen molar-refractivity contribution in [2.75, 3.05) is 0 Å². The van der Waals surface area contributed by atoms with Gasteiger partial charge in [-0.1, -0.05) is 107 Å². The molecule has 0 saturated heterocycles. The fourth-order valence-electron chi connectivity index (χ4n) is 3.79. The normalized spacial score (nSPS) is 15.6. The molecule has 4 unspecified atom stereocenters. The van der Waals surface area contributed by atoms with Crippen molar-refractivity contribution in [2.45, 2.75) is 117 Å². The molecule has 0 aliphatic carbocycles. The molecule has 0 aromatic carbocycles. The molecule has 40 heavy (non-hydrogen) atoms. The van der Waals surface area contributed by atoms with Crippen LogP contribution in [0.4, 0.5) is 0 Å². The van der Waals surface area contributed by atoms with Crippen LogP contribution in [0.1, 0.15) is 105 Å². The Hall–Kier alpha value is -2.70. The van der Waals surface area contributed by atoms with Crippen LogP contribution < -0.4 is 0 Å². The van der Waals surface area contributed by atoms with Crippen molar-refractivity contribution in [3.8, 4) is 0 Å². The second-order valence-electron chi connectivity index (χ2n) is 10.1. The highest BCUT2D eigenvalue weighted by atomic mass is 16.4. The van der Waals surface area contributed by atoms with E-state index < -0.39 is 18.0 Å². The first-order chi connectivity index (χ1) is 19.1. The third-order valence-corrected chi connectivity index (χ3v) is 6.45. The number of rotatable bonds is 21. The van der Waals surface area contributed by atoms with Crippen LogP contribution in [0, 0.1) is 11.8 Å². The number of aliphatic hydroxyl groups excluding tert-OH is 2. The summed E-state index contributed by atoms with van der Waals surface area (Å²) in [5, 5.41) is 37.1. The van der Waals surface area contributed by atoms with Crippen molar-refractivity contribution >= 4 is 11.9 Å². The van der Waals surface area contributed by atoms with Crippen LogP contribution in [0.2, 0.25) is 0 Å². The Morgan fingerprint density at radius 2 is 1.43 bits per heavy atom. The SMILES string of the molecule is CC/C=C/C(O)CCCC(O)CCC(/C=C/C=C/C=C(C)/C=C/C=C/C(=O)O)CC.CCCCC(CC)C(=O)O. The fourth-order valence-corrected chi connectivity index (χ4v) is 3.79. The Balaban J connectivity index is 0. The Kier molecular flexibility index (Phi) is 27.5. The van der Waals surface area contributed by atoms with Gasteiger partial charge in [0.25, 0.3) is 0 Å². The second-order valence-corrected chi connectivity index (χ2v) is 10.1. The predicted molar refractivity (Wildman–Crippen MR) is 167 cm³/mol. The summed E-state index contributed by atoms with van der Waals surface area (Å²) in [6, 6.07) is 0. The summed E-state index contributed by atoms with van der Waals surface area (Å²) in [5.41, 5.74) is 1.03. The highest BCUT2D eigenvalue weighted by Crippen LogP contribution is 2.17. The Bertz CT molecular complexity index is 818. The second kappa shape index (κ2) is 27.9. The lowest BCUT2D eigenvalue weighted by Gasteiger charge is -2.15. The molecule has 4 N–H and O–H groups in total. The summed E-state index contributed by atoms with van der Waals surface area (Å²) in [6.07, 6.45) is 29.0. The lowest BCUT2D eigenvalue weighted by molar-refractivity contribution is -0.142. The molecule has 0 aromatic heterocycles. The number of hydrogen-bond acceptors (Lipinski definition) is 4. The van der Waals surface area contributed by atoms with E-state index in [1.54, 1.807) is 6.08 Å². The third-order valence-electron chi connectivity index (χ3n) is 6.45. The van der Waals surface area contributed by atoms with Crippen molar-refractivity contribution in [2.24, 2.45) is 11.8 Å². The summed E-state index contributed by atoms with van der Waals surface area (Å²) in [7, 11) is 0. The van der Waals surface area contributed by atoms with E-state index in [4.69, 9.17) is 10.2 Å². The first-order valence-electron chi connectivity index (χ1n) is 15.0. The summed E-state index contributed by atoms with van der Waals surface area (Å²) in [6.45, 7) is 10.2. The maximum atomic E-state index is 10.4. The van der Waals surface area contributed by atoms with Crippen LogP contribution in [0.25, 0.3) is 0 Å². The first-order valence-corrected chi connectivity index (χ1v) is 15.0. The molecule has 0 bridgehead atoms. The molecule has 6 heteroatoms. The van der Waals surface area contributed by atoms with Crippen molar-refractivity contribution in [3.05, 3.63) is 72.4 Å². The number of unbranched alkanes of at least 4 members (excludes halogenated alkanes) is 1. The average molecular weight is 561 g/mol. The molecule has 0 heterocycles. The van der Waals surface area contributed by atoms with Gasteiger partial charge in [-0.3, -0.25) is 4.79 Å². The lowest BCUT2D eigenvalue weighted by Crippen LogP contribution is -2.11. The van der Waals surface area contributed by atoms with Gasteiger partial charge in [0.15, 0.2) is 0 Å². The van der Waals surface area contributed by atoms with Crippen LogP contribution in [0.5, 0.6) is 0 Å². The summed E-state index contributed by atoms with van der Waals surface area (Å²) < 4.78 is 0. The van der Waals surface area contributed by atoms with E-state index in [0.29, 0.717) is 12.3 Å². The van der Waals surface area contributed by atoms with Gasteiger partial charge in [0, 0.05) is 6.08 Å². The highest BCUT2D eigenvalue weighted by molar-refractivity contribution is 5.80. The Morgan fingerprint density at radius 1 is 0.725 bits per heavy atom. The summed E-state index contributed by atoms with van der Waals surface area (Å²) in [4.78, 5) is 20.8. The smallest absolute Gasteiger partial charge is 0.328 e. The Morgan fingerprint density at radius 3 is 2.00 bits per heavy atom. The first kappa shape index (κ1) is 39.4. The molecule has 0 fully saturated rings. The molecule has 0 radical (unpaired) electrons. The van der Waals surface area contributed by atoms with Crippen molar-refractivity contribution in [1.29, 1.82) is 0 Å². The minimum atomic E-state index is -0.956. The van der Waals surface area contributed by atoms with Crippen LogP contribution >= 0.6 is 0 Å². The van der Waals surface area contributed by atoms with Crippen molar-refractivity contribution in [1.82, 2.24) is 0 Å². The average Bonchev–Trinajstić information content (AvgIpc) is 2.92. The monoisotopic (exact) mass is 560 g/mol. The van der Waals surface area contributed by atoms with Gasteiger partial charge in [-0.15, -0.1) is 0 Å². The van der Waals surface area contributed by atoms with E-state index >= 15 is 0 Å². The zero-order valence-corrected chi connectivity index (χ0v) is 25.5. The largest absolute Gasteiger partial charge is 0.481 e. The van der Waals surface area contributed by atoms with E-state index in [1.165, 1.54) is 6.08 Å². The van der Waals surface area contributed by atoms with Gasteiger partial charge in [0.2, 0.25) is 0 Å². The van der Waals surface area contributed by atoms with Crippen molar-refractivity contribution in [3.63, 3.8) is 0 Å². The van der Waals surface area contributed by atoms with Gasteiger partial charge >= 0.3 is 11.9 Å². The van der Waals surface area contributed by atoms with Gasteiger partial charge in [-0.05, 0) is 70.6 Å². The number of aliphatic hydroxyl groups is 2. The van der Waals surface area contributed by atoms with Gasteiger partial charge in [0.05, 0.1) is 18.1 Å². The van der Waals surface area contributed by atoms with Crippen molar-refractivity contribution < 1.29 is 30.0 Å². The predicted octanol–water partition coefficient (Wildman–Crippen LogP) is 8.19. The van der Waals surface area contributed by atoms with Crippen LogP contribution in [-0.2, 0) is 9.59 Å². The van der Waals surface area contributed by atoms with Gasteiger partial charge in [-0.2, -0.15) is 0 Å². The molecular weight excluding hydrogens is 504 g/mol. The molecule has 0 aliphatic rings. The molecular formula is C34H56O6. The number of carboxylic acids is 2. The van der Waals surface area contributed by atoms with Crippen LogP contribution in [0.3, 0.4) is 0 Å². The van der Waals surface area contributed by atoms with E-state index in [2.05, 4.69) is 19.9 Å². The molecule has 6 nitrogen and oxygen atoms in total. The Labute approximate surface area is 243 Å². The molecule has 4 atom stereocenters. The molecule has 0 rings (SSSR count). The van der Waals surface area contributed by atoms with E-state index in [9.17, 15) is 19.8 Å². The quantitative estimate of drug-likeness (QED) is 0.0639. The lowest BCUT2D eigenvalue weighted by atomic mass is 9.95. The molecule has 0 aromatic rings. The van der Waals surface area contributed by atoms with Gasteiger partial charge < -0.3 is 20.4 Å². The number of allylic oxidation sites excluding steroid dienone is 10. The zero-order valence-electron chi connectivity index (χ0n) is 25.5. The van der Waals surface area contributed by atoms with Gasteiger partial charge in [-0.25, -0.2) is 4.79 Å². The third kappa shape index (κ3) is 26.9. The summed E-state index contributed by atoms with van der Waals surface area (Å²) >= 11 is 0. The standard InChI is InChI=1S/C26H40O4.C8H16O2/c1-4-6-16-24(27)17-12-18-25(28)21-20-23(5-2)15-9-7-8-13-22(3)14-10-11-19-26(29)30;1-3-5-6-7(4-2)8(9)10/h6-11,13-16,19,23-25,27-28H,4-5,12,17-18,20-21H2,1-3H3,(H,29,30);7H,3-6H2,1-2H3,(H,9,10)/b8-7+,14-10+,15-9+,16-6+,19-11+,22-13+;. The topological polar surface area (TPSA) is 115 Å². The molecule has 0 aliphatic heterocycles. The number of carboxylic acid groups (broad SMARTS) is 2. The van der Waals surface area contributed by atoms with E-state index in [-0.39, 0.29) is 12.0 Å². The van der Waals surface area contributed by atoms with E-state index in [0.717, 1.165) is 75.9 Å².